The third kappa shape index (κ3) is 5.14. The SMILES string of the molecule is CC(C)(C)C(=O)C[P+](CC(=O)C(C)(C)C)(c1ccccc1)c1ccccc1. The Kier molecular flexibility index (Phi) is 6.43. The molecule has 3 heteroatoms. The summed E-state index contributed by atoms with van der Waals surface area (Å²) < 4.78 is 0. The minimum atomic E-state index is -2.21. The summed E-state index contributed by atoms with van der Waals surface area (Å²) in [4.78, 5) is 26.3. The first-order valence-corrected chi connectivity index (χ1v) is 11.7. The van der Waals surface area contributed by atoms with E-state index >= 15 is 0 Å². The Hall–Kier alpha value is -1.79. The van der Waals surface area contributed by atoms with Crippen molar-refractivity contribution in [1.82, 2.24) is 0 Å². The summed E-state index contributed by atoms with van der Waals surface area (Å²) >= 11 is 0. The fraction of sp³-hybridized carbons (Fsp3) is 0.417. The summed E-state index contributed by atoms with van der Waals surface area (Å²) in [6.45, 7) is 11.8. The van der Waals surface area contributed by atoms with E-state index in [9.17, 15) is 9.59 Å². The number of ketones is 2. The second-order valence-corrected chi connectivity index (χ2v) is 12.9. The molecule has 0 unspecified atom stereocenters. The van der Waals surface area contributed by atoms with Gasteiger partial charge in [-0.15, -0.1) is 0 Å². The number of Topliss-reactive ketones (excluding diaryl/α,β-unsaturated/α-hetero) is 2. The molecular weight excluding hydrogens is 351 g/mol. The van der Waals surface area contributed by atoms with Crippen LogP contribution in [0.3, 0.4) is 0 Å². The van der Waals surface area contributed by atoms with E-state index in [4.69, 9.17) is 0 Å². The largest absolute Gasteiger partial charge is 0.295 e. The van der Waals surface area contributed by atoms with Gasteiger partial charge < -0.3 is 0 Å². The van der Waals surface area contributed by atoms with Crippen LogP contribution in [0, 0.1) is 10.8 Å². The lowest BCUT2D eigenvalue weighted by Crippen LogP contribution is -2.38. The highest BCUT2D eigenvalue weighted by Crippen LogP contribution is 2.58. The van der Waals surface area contributed by atoms with Crippen molar-refractivity contribution in [2.75, 3.05) is 12.3 Å². The van der Waals surface area contributed by atoms with Crippen LogP contribution in [0.2, 0.25) is 0 Å². The van der Waals surface area contributed by atoms with Crippen molar-refractivity contribution < 1.29 is 9.59 Å². The standard InChI is InChI=1S/C24H32O2P/c1-23(2,3)21(25)17-27(18-22(26)24(4,5)6,19-13-9-7-10-14-19)20-15-11-8-12-16-20/h7-16H,17-18H2,1-6H3/q+1. The van der Waals surface area contributed by atoms with E-state index in [-0.39, 0.29) is 11.6 Å². The molecule has 0 fully saturated rings. The number of hydrogen-bond donors (Lipinski definition) is 0. The van der Waals surface area contributed by atoms with E-state index in [0.717, 1.165) is 10.6 Å². The second-order valence-electron chi connectivity index (χ2n) is 9.30. The average molecular weight is 383 g/mol. The Labute approximate surface area is 164 Å². The Balaban J connectivity index is 2.69. The van der Waals surface area contributed by atoms with E-state index in [1.807, 2.05) is 77.9 Å². The fourth-order valence-electron chi connectivity index (χ4n) is 2.96. The van der Waals surface area contributed by atoms with E-state index < -0.39 is 18.1 Å². The Morgan fingerprint density at radius 1 is 0.630 bits per heavy atom. The van der Waals surface area contributed by atoms with Crippen molar-refractivity contribution in [2.24, 2.45) is 10.8 Å². The van der Waals surface area contributed by atoms with Crippen LogP contribution in [-0.4, -0.2) is 23.9 Å². The maximum Gasteiger partial charge on any atom is 0.175 e. The van der Waals surface area contributed by atoms with Gasteiger partial charge >= 0.3 is 0 Å². The predicted octanol–water partition coefficient (Wildman–Crippen LogP) is 4.89. The van der Waals surface area contributed by atoms with Crippen LogP contribution in [0.4, 0.5) is 0 Å². The summed E-state index contributed by atoms with van der Waals surface area (Å²) in [6, 6.07) is 20.4. The van der Waals surface area contributed by atoms with Gasteiger partial charge in [-0.1, -0.05) is 77.9 Å². The lowest BCUT2D eigenvalue weighted by Gasteiger charge is -2.31. The Bertz CT molecular complexity index is 711. The zero-order valence-electron chi connectivity index (χ0n) is 17.5. The summed E-state index contributed by atoms with van der Waals surface area (Å²) in [6.07, 6.45) is 0.846. The van der Waals surface area contributed by atoms with Crippen molar-refractivity contribution in [1.29, 1.82) is 0 Å². The number of carbonyl (C=O) groups excluding carboxylic acids is 2. The molecule has 0 spiro atoms. The Morgan fingerprint density at radius 2 is 0.926 bits per heavy atom. The predicted molar refractivity (Wildman–Crippen MR) is 118 cm³/mol. The first-order chi connectivity index (χ1) is 12.5. The number of carbonyl (C=O) groups is 2. The van der Waals surface area contributed by atoms with Crippen molar-refractivity contribution in [2.45, 2.75) is 41.5 Å². The summed E-state index contributed by atoms with van der Waals surface area (Å²) in [7, 11) is -2.21. The molecule has 0 aromatic heterocycles. The molecule has 0 atom stereocenters. The van der Waals surface area contributed by atoms with Gasteiger partial charge in [0, 0.05) is 10.8 Å². The topological polar surface area (TPSA) is 34.1 Å². The van der Waals surface area contributed by atoms with Gasteiger partial charge in [0.15, 0.2) is 11.6 Å². The first kappa shape index (κ1) is 21.5. The van der Waals surface area contributed by atoms with Crippen LogP contribution in [-0.2, 0) is 9.59 Å². The molecule has 0 saturated carbocycles. The van der Waals surface area contributed by atoms with Crippen LogP contribution in [0.25, 0.3) is 0 Å². The van der Waals surface area contributed by atoms with E-state index in [1.54, 1.807) is 0 Å². The molecule has 2 aromatic rings. The monoisotopic (exact) mass is 383 g/mol. The Morgan fingerprint density at radius 3 is 1.19 bits per heavy atom. The molecule has 144 valence electrons. The fourth-order valence-corrected chi connectivity index (χ4v) is 7.52. The molecule has 27 heavy (non-hydrogen) atoms. The van der Waals surface area contributed by atoms with Crippen molar-refractivity contribution in [3.05, 3.63) is 60.7 Å². The second kappa shape index (κ2) is 8.07. The maximum atomic E-state index is 13.2. The molecule has 0 aliphatic carbocycles. The lowest BCUT2D eigenvalue weighted by molar-refractivity contribution is -0.123. The lowest BCUT2D eigenvalue weighted by atomic mass is 9.92. The molecule has 0 aliphatic heterocycles. The summed E-state index contributed by atoms with van der Waals surface area (Å²) in [5.41, 5.74) is -0.862. The first-order valence-electron chi connectivity index (χ1n) is 9.52. The van der Waals surface area contributed by atoms with E-state index in [2.05, 4.69) is 24.3 Å². The molecule has 0 bridgehead atoms. The van der Waals surface area contributed by atoms with Gasteiger partial charge in [0.1, 0.15) is 22.9 Å². The number of benzene rings is 2. The third-order valence-electron chi connectivity index (χ3n) is 5.00. The molecule has 0 radical (unpaired) electrons. The van der Waals surface area contributed by atoms with E-state index in [1.165, 1.54) is 0 Å². The van der Waals surface area contributed by atoms with Crippen molar-refractivity contribution in [3.63, 3.8) is 0 Å². The number of rotatable bonds is 6. The minimum absolute atomic E-state index is 0.213. The average Bonchev–Trinajstić information content (AvgIpc) is 2.60. The maximum absolute atomic E-state index is 13.2. The molecule has 2 rings (SSSR count). The van der Waals surface area contributed by atoms with Crippen LogP contribution in [0.1, 0.15) is 41.5 Å². The number of hydrogen-bond acceptors (Lipinski definition) is 2. The quantitative estimate of drug-likeness (QED) is 0.666. The van der Waals surface area contributed by atoms with Gasteiger partial charge in [-0.25, -0.2) is 0 Å². The van der Waals surface area contributed by atoms with Gasteiger partial charge in [-0.05, 0) is 24.3 Å². The van der Waals surface area contributed by atoms with Crippen molar-refractivity contribution in [3.8, 4) is 0 Å². The van der Waals surface area contributed by atoms with Gasteiger partial charge in [-0.3, -0.25) is 9.59 Å². The normalized spacial score (nSPS) is 12.7. The minimum Gasteiger partial charge on any atom is -0.295 e. The van der Waals surface area contributed by atoms with Crippen LogP contribution < -0.4 is 10.6 Å². The highest BCUT2D eigenvalue weighted by atomic mass is 31.2. The molecule has 0 saturated heterocycles. The van der Waals surface area contributed by atoms with Gasteiger partial charge in [0.05, 0.1) is 7.26 Å². The van der Waals surface area contributed by atoms with Crippen molar-refractivity contribution >= 4 is 29.4 Å². The third-order valence-corrected chi connectivity index (χ3v) is 9.23. The highest BCUT2D eigenvalue weighted by molar-refractivity contribution is 7.90. The molecule has 0 N–H and O–H groups in total. The molecule has 2 aromatic carbocycles. The molecule has 2 nitrogen and oxygen atoms in total. The smallest absolute Gasteiger partial charge is 0.175 e. The molecular formula is C24H32O2P+. The zero-order chi connectivity index (χ0) is 20.3. The van der Waals surface area contributed by atoms with Crippen LogP contribution in [0.15, 0.2) is 60.7 Å². The molecule has 0 aliphatic rings. The van der Waals surface area contributed by atoms with Gasteiger partial charge in [0.2, 0.25) is 0 Å². The van der Waals surface area contributed by atoms with Crippen LogP contribution in [0.5, 0.6) is 0 Å². The highest BCUT2D eigenvalue weighted by Gasteiger charge is 2.49. The summed E-state index contributed by atoms with van der Waals surface area (Å²) in [5.74, 6) is 0.426. The zero-order valence-corrected chi connectivity index (χ0v) is 18.3. The van der Waals surface area contributed by atoms with Gasteiger partial charge in [-0.2, -0.15) is 0 Å². The molecule has 0 amide bonds. The van der Waals surface area contributed by atoms with E-state index in [0.29, 0.717) is 12.3 Å². The molecule has 0 heterocycles. The summed E-state index contributed by atoms with van der Waals surface area (Å²) in [5, 5.41) is 2.26. The van der Waals surface area contributed by atoms with Crippen LogP contribution >= 0.6 is 7.26 Å². The van der Waals surface area contributed by atoms with Gasteiger partial charge in [0.25, 0.3) is 0 Å².